The summed E-state index contributed by atoms with van der Waals surface area (Å²) in [5.41, 5.74) is 0.892. The van der Waals surface area contributed by atoms with E-state index in [1.54, 1.807) is 23.5 Å². The van der Waals surface area contributed by atoms with E-state index in [2.05, 4.69) is 16.3 Å². The molecule has 1 aromatic carbocycles. The number of amides is 2. The van der Waals surface area contributed by atoms with Crippen LogP contribution < -0.4 is 5.32 Å². The second kappa shape index (κ2) is 8.17. The molecule has 1 aliphatic heterocycles. The van der Waals surface area contributed by atoms with Gasteiger partial charge in [0.15, 0.2) is 0 Å². The third-order valence-electron chi connectivity index (χ3n) is 4.38. The van der Waals surface area contributed by atoms with Crippen molar-refractivity contribution in [2.45, 2.75) is 19.5 Å². The van der Waals surface area contributed by atoms with Gasteiger partial charge in [-0.3, -0.25) is 4.90 Å². The third-order valence-corrected chi connectivity index (χ3v) is 5.59. The number of urea groups is 1. The molecule has 2 heterocycles. The van der Waals surface area contributed by atoms with Gasteiger partial charge in [0.25, 0.3) is 0 Å². The van der Waals surface area contributed by atoms with E-state index in [-0.39, 0.29) is 17.9 Å². The van der Waals surface area contributed by atoms with Crippen molar-refractivity contribution in [2.24, 2.45) is 0 Å². The van der Waals surface area contributed by atoms with Gasteiger partial charge in [-0.1, -0.05) is 23.7 Å². The number of benzene rings is 1. The molecule has 3 rings (SSSR count). The van der Waals surface area contributed by atoms with Crippen molar-refractivity contribution in [3.8, 4) is 0 Å². The second-order valence-electron chi connectivity index (χ2n) is 6.19. The van der Waals surface area contributed by atoms with Gasteiger partial charge in [0.05, 0.1) is 10.4 Å². The SMILES string of the molecule is CC(NC(=O)N1CCN(Cc2ccc(Cl)s2)CC1)c1ccc(F)cc1. The topological polar surface area (TPSA) is 35.6 Å². The molecule has 1 fully saturated rings. The number of nitrogens with zero attached hydrogens (tertiary/aromatic N) is 2. The second-order valence-corrected chi connectivity index (χ2v) is 7.99. The largest absolute Gasteiger partial charge is 0.331 e. The molecule has 1 aromatic heterocycles. The van der Waals surface area contributed by atoms with Gasteiger partial charge in [0.1, 0.15) is 5.82 Å². The number of hydrogen-bond donors (Lipinski definition) is 1. The summed E-state index contributed by atoms with van der Waals surface area (Å²) >= 11 is 7.57. The number of halogens is 2. The fourth-order valence-corrected chi connectivity index (χ4v) is 4.01. The molecule has 2 aromatic rings. The predicted octanol–water partition coefficient (Wildman–Crippen LogP) is 4.13. The predicted molar refractivity (Wildman–Crippen MR) is 99.5 cm³/mol. The first kappa shape index (κ1) is 18.2. The highest BCUT2D eigenvalue weighted by atomic mass is 35.5. The monoisotopic (exact) mass is 381 g/mol. The van der Waals surface area contributed by atoms with E-state index >= 15 is 0 Å². The number of piperazine rings is 1. The zero-order valence-electron chi connectivity index (χ0n) is 14.0. The molecule has 0 spiro atoms. The van der Waals surface area contributed by atoms with Crippen molar-refractivity contribution in [3.05, 3.63) is 57.0 Å². The molecule has 0 radical (unpaired) electrons. The Morgan fingerprint density at radius 1 is 1.20 bits per heavy atom. The molecule has 1 N–H and O–H groups in total. The summed E-state index contributed by atoms with van der Waals surface area (Å²) in [6.45, 7) is 5.85. The Morgan fingerprint density at radius 2 is 1.88 bits per heavy atom. The van der Waals surface area contributed by atoms with Gasteiger partial charge in [-0.2, -0.15) is 0 Å². The van der Waals surface area contributed by atoms with Gasteiger partial charge in [-0.25, -0.2) is 9.18 Å². The Labute approximate surface area is 156 Å². The standard InChI is InChI=1S/C18H21ClFN3OS/c1-13(14-2-4-15(20)5-3-14)21-18(24)23-10-8-22(9-11-23)12-16-6-7-17(19)25-16/h2-7,13H,8-12H2,1H3,(H,21,24). The van der Waals surface area contributed by atoms with E-state index in [4.69, 9.17) is 11.6 Å². The lowest BCUT2D eigenvalue weighted by Gasteiger charge is -2.35. The Morgan fingerprint density at radius 3 is 2.48 bits per heavy atom. The number of carbonyl (C=O) groups excluding carboxylic acids is 1. The average molecular weight is 382 g/mol. The minimum Gasteiger partial charge on any atom is -0.331 e. The fourth-order valence-electron chi connectivity index (χ4n) is 2.88. The van der Waals surface area contributed by atoms with E-state index in [0.29, 0.717) is 13.1 Å². The summed E-state index contributed by atoms with van der Waals surface area (Å²) < 4.78 is 13.8. The van der Waals surface area contributed by atoms with Gasteiger partial charge in [-0.05, 0) is 36.8 Å². The summed E-state index contributed by atoms with van der Waals surface area (Å²) in [7, 11) is 0. The van der Waals surface area contributed by atoms with Crippen LogP contribution in [0.5, 0.6) is 0 Å². The van der Waals surface area contributed by atoms with E-state index in [1.807, 2.05) is 17.9 Å². The van der Waals surface area contributed by atoms with Crippen molar-refractivity contribution in [2.75, 3.05) is 26.2 Å². The van der Waals surface area contributed by atoms with Crippen molar-refractivity contribution < 1.29 is 9.18 Å². The smallest absolute Gasteiger partial charge is 0.317 e. The van der Waals surface area contributed by atoms with Gasteiger partial charge in [0.2, 0.25) is 0 Å². The lowest BCUT2D eigenvalue weighted by Crippen LogP contribution is -2.51. The molecule has 1 aliphatic rings. The number of hydrogen-bond acceptors (Lipinski definition) is 3. The Balaban J connectivity index is 1.47. The minimum absolute atomic E-state index is 0.0735. The first-order valence-electron chi connectivity index (χ1n) is 8.29. The highest BCUT2D eigenvalue weighted by Crippen LogP contribution is 2.23. The molecule has 2 amide bonds. The summed E-state index contributed by atoms with van der Waals surface area (Å²) in [6, 6.07) is 9.96. The van der Waals surface area contributed by atoms with E-state index < -0.39 is 0 Å². The molecule has 0 saturated carbocycles. The van der Waals surface area contributed by atoms with Crippen LogP contribution in [-0.2, 0) is 6.54 Å². The van der Waals surface area contributed by atoms with Crippen LogP contribution in [0.1, 0.15) is 23.4 Å². The van der Waals surface area contributed by atoms with Crippen LogP contribution in [0, 0.1) is 5.82 Å². The van der Waals surface area contributed by atoms with Gasteiger partial charge < -0.3 is 10.2 Å². The van der Waals surface area contributed by atoms with Crippen LogP contribution in [0.4, 0.5) is 9.18 Å². The van der Waals surface area contributed by atoms with Gasteiger partial charge in [0, 0.05) is 37.6 Å². The first-order chi connectivity index (χ1) is 12.0. The lowest BCUT2D eigenvalue weighted by molar-refractivity contribution is 0.134. The van der Waals surface area contributed by atoms with Crippen LogP contribution >= 0.6 is 22.9 Å². The maximum absolute atomic E-state index is 13.0. The fraction of sp³-hybridized carbons (Fsp3) is 0.389. The van der Waals surface area contributed by atoms with Crippen LogP contribution in [0.15, 0.2) is 36.4 Å². The van der Waals surface area contributed by atoms with Crippen LogP contribution in [0.3, 0.4) is 0 Å². The molecule has 0 bridgehead atoms. The molecule has 134 valence electrons. The highest BCUT2D eigenvalue weighted by molar-refractivity contribution is 7.16. The Kier molecular flexibility index (Phi) is 5.93. The molecule has 0 aliphatic carbocycles. The van der Waals surface area contributed by atoms with Crippen LogP contribution in [-0.4, -0.2) is 42.0 Å². The zero-order chi connectivity index (χ0) is 17.8. The Hall–Kier alpha value is -1.63. The molecular weight excluding hydrogens is 361 g/mol. The summed E-state index contributed by atoms with van der Waals surface area (Å²) in [5.74, 6) is -0.273. The number of rotatable bonds is 4. The number of thiophene rings is 1. The average Bonchev–Trinajstić information content (AvgIpc) is 3.01. The van der Waals surface area contributed by atoms with Gasteiger partial charge in [-0.15, -0.1) is 11.3 Å². The molecule has 7 heteroatoms. The van der Waals surface area contributed by atoms with Crippen molar-refractivity contribution in [1.82, 2.24) is 15.1 Å². The van der Waals surface area contributed by atoms with Crippen LogP contribution in [0.2, 0.25) is 4.34 Å². The van der Waals surface area contributed by atoms with Crippen LogP contribution in [0.25, 0.3) is 0 Å². The van der Waals surface area contributed by atoms with Gasteiger partial charge >= 0.3 is 6.03 Å². The van der Waals surface area contributed by atoms with Crippen molar-refractivity contribution in [3.63, 3.8) is 0 Å². The molecule has 25 heavy (non-hydrogen) atoms. The molecular formula is C18H21ClFN3OS. The zero-order valence-corrected chi connectivity index (χ0v) is 15.6. The maximum Gasteiger partial charge on any atom is 0.317 e. The van der Waals surface area contributed by atoms with E-state index in [9.17, 15) is 9.18 Å². The van der Waals surface area contributed by atoms with E-state index in [1.165, 1.54) is 17.0 Å². The molecule has 1 unspecified atom stereocenters. The number of carbonyl (C=O) groups is 1. The lowest BCUT2D eigenvalue weighted by atomic mass is 10.1. The normalized spacial score (nSPS) is 16.7. The minimum atomic E-state index is -0.273. The summed E-state index contributed by atoms with van der Waals surface area (Å²) in [4.78, 5) is 17.8. The molecule has 1 saturated heterocycles. The molecule has 1 atom stereocenters. The first-order valence-corrected chi connectivity index (χ1v) is 9.48. The maximum atomic E-state index is 13.0. The quantitative estimate of drug-likeness (QED) is 0.864. The summed E-state index contributed by atoms with van der Waals surface area (Å²) in [5, 5.41) is 2.98. The summed E-state index contributed by atoms with van der Waals surface area (Å²) in [6.07, 6.45) is 0. The molecule has 4 nitrogen and oxygen atoms in total. The van der Waals surface area contributed by atoms with Crippen molar-refractivity contribution in [1.29, 1.82) is 0 Å². The van der Waals surface area contributed by atoms with Crippen molar-refractivity contribution >= 4 is 29.0 Å². The third kappa shape index (κ3) is 4.93. The highest BCUT2D eigenvalue weighted by Gasteiger charge is 2.22. The number of nitrogens with one attached hydrogen (secondary N) is 1. The van der Waals surface area contributed by atoms with E-state index in [0.717, 1.165) is 29.5 Å². The Bertz CT molecular complexity index is 713.